The molecule has 0 bridgehead atoms. The van der Waals surface area contributed by atoms with Crippen LogP contribution in [0.15, 0.2) is 133 Å². The zero-order valence-corrected chi connectivity index (χ0v) is 28.9. The summed E-state index contributed by atoms with van der Waals surface area (Å²) in [6.07, 6.45) is -1.26. The Labute approximate surface area is 304 Å². The lowest BCUT2D eigenvalue weighted by Gasteiger charge is -2.41. The molecule has 6 aromatic rings. The average Bonchev–Trinajstić information content (AvgIpc) is 3.65. The first-order valence-electron chi connectivity index (χ1n) is 16.6. The molecule has 5 aromatic carbocycles. The molecule has 264 valence electrons. The number of nitrogens with one attached hydrogen (secondary N) is 2. The fourth-order valence-electron chi connectivity index (χ4n) is 5.74. The minimum Gasteiger partial charge on any atom is -0.508 e. The largest absolute Gasteiger partial charge is 0.508 e. The van der Waals surface area contributed by atoms with E-state index in [2.05, 4.69) is 33.1 Å². The van der Waals surface area contributed by atoms with E-state index in [-0.39, 0.29) is 36.5 Å². The van der Waals surface area contributed by atoms with Crippen molar-refractivity contribution in [2.45, 2.75) is 37.2 Å². The number of amides is 2. The van der Waals surface area contributed by atoms with Gasteiger partial charge >= 0.3 is 6.03 Å². The summed E-state index contributed by atoms with van der Waals surface area (Å²) in [5, 5.41) is 37.8. The molecule has 7 rings (SSSR count). The molecule has 12 nitrogen and oxygen atoms in total. The van der Waals surface area contributed by atoms with Crippen molar-refractivity contribution >= 4 is 29.2 Å². The van der Waals surface area contributed by atoms with Gasteiger partial charge in [-0.1, -0.05) is 73.3 Å². The van der Waals surface area contributed by atoms with Gasteiger partial charge in [0, 0.05) is 28.6 Å². The molecule has 1 aliphatic heterocycles. The van der Waals surface area contributed by atoms with Gasteiger partial charge in [-0.15, -0.1) is 5.10 Å². The van der Waals surface area contributed by atoms with E-state index in [1.807, 2.05) is 66.7 Å². The lowest BCUT2D eigenvalue weighted by Crippen LogP contribution is -2.38. The van der Waals surface area contributed by atoms with Gasteiger partial charge < -0.3 is 35.1 Å². The minimum atomic E-state index is -0.697. The fourth-order valence-corrected chi connectivity index (χ4v) is 6.79. The van der Waals surface area contributed by atoms with Crippen LogP contribution in [0.2, 0.25) is 0 Å². The summed E-state index contributed by atoms with van der Waals surface area (Å²) in [5.41, 5.74) is 4.50. The highest BCUT2D eigenvalue weighted by Gasteiger charge is 2.38. The molecule has 0 spiro atoms. The highest BCUT2D eigenvalue weighted by atomic mass is 32.2. The van der Waals surface area contributed by atoms with Crippen molar-refractivity contribution in [3.8, 4) is 22.9 Å². The average molecular weight is 717 g/mol. The number of tetrazole rings is 1. The van der Waals surface area contributed by atoms with Crippen molar-refractivity contribution in [1.29, 1.82) is 0 Å². The summed E-state index contributed by atoms with van der Waals surface area (Å²) in [6, 6.07) is 38.0. The molecule has 1 saturated heterocycles. The van der Waals surface area contributed by atoms with Gasteiger partial charge in [0.2, 0.25) is 5.16 Å². The Kier molecular flexibility index (Phi) is 10.7. The summed E-state index contributed by atoms with van der Waals surface area (Å²) in [7, 11) is 0. The summed E-state index contributed by atoms with van der Waals surface area (Å²) >= 11 is 1.46. The number of phenols is 1. The predicted molar refractivity (Wildman–Crippen MR) is 197 cm³/mol. The number of aromatic hydroxyl groups is 1. The highest BCUT2D eigenvalue weighted by molar-refractivity contribution is 7.99. The number of para-hydroxylation sites is 1. The number of benzene rings is 5. The van der Waals surface area contributed by atoms with Gasteiger partial charge in [0.1, 0.15) is 17.2 Å². The molecule has 0 saturated carbocycles. The van der Waals surface area contributed by atoms with Crippen molar-refractivity contribution in [1.82, 2.24) is 20.2 Å². The van der Waals surface area contributed by atoms with E-state index in [0.717, 1.165) is 28.1 Å². The van der Waals surface area contributed by atoms with Crippen molar-refractivity contribution in [3.05, 3.63) is 144 Å². The van der Waals surface area contributed by atoms with E-state index in [0.29, 0.717) is 28.0 Å². The number of hydrogen-bond donors (Lipinski definition) is 4. The predicted octanol–water partition coefficient (Wildman–Crippen LogP) is 7.88. The van der Waals surface area contributed by atoms with Crippen molar-refractivity contribution < 1.29 is 29.2 Å². The number of urea groups is 1. The number of carbonyl (C=O) groups excluding carboxylic acids is 1. The van der Waals surface area contributed by atoms with E-state index in [4.69, 9.17) is 14.2 Å². The minimum absolute atomic E-state index is 0.0451. The van der Waals surface area contributed by atoms with Crippen LogP contribution in [0, 0.1) is 5.92 Å². The van der Waals surface area contributed by atoms with Gasteiger partial charge in [-0.2, -0.15) is 4.68 Å². The third-order valence-electron chi connectivity index (χ3n) is 8.57. The number of aliphatic hydroxyl groups is 1. The Hall–Kier alpha value is -5.73. The molecule has 0 radical (unpaired) electrons. The highest BCUT2D eigenvalue weighted by Crippen LogP contribution is 2.43. The Morgan fingerprint density at radius 2 is 1.44 bits per heavy atom. The number of aromatic nitrogens is 4. The van der Waals surface area contributed by atoms with Crippen LogP contribution in [0.25, 0.3) is 5.69 Å². The van der Waals surface area contributed by atoms with Crippen LogP contribution in [0.1, 0.15) is 36.0 Å². The second-order valence-corrected chi connectivity index (χ2v) is 13.2. The number of ether oxygens (including phenoxy) is 3. The fraction of sp³-hybridized carbons (Fsp3) is 0.179. The Morgan fingerprint density at radius 1 is 0.808 bits per heavy atom. The van der Waals surface area contributed by atoms with Crippen LogP contribution < -0.4 is 15.4 Å². The van der Waals surface area contributed by atoms with E-state index in [1.54, 1.807) is 65.3 Å². The molecule has 52 heavy (non-hydrogen) atoms. The number of rotatable bonds is 11. The maximum Gasteiger partial charge on any atom is 0.323 e. The number of thioether (sulfide) groups is 1. The molecule has 2 heterocycles. The van der Waals surface area contributed by atoms with Crippen molar-refractivity contribution in [3.63, 3.8) is 0 Å². The molecule has 1 fully saturated rings. The molecule has 4 unspecified atom stereocenters. The molecular formula is C39H36N6O6S. The van der Waals surface area contributed by atoms with E-state index < -0.39 is 6.29 Å². The maximum atomic E-state index is 12.8. The van der Waals surface area contributed by atoms with Gasteiger partial charge in [0.05, 0.1) is 24.5 Å². The summed E-state index contributed by atoms with van der Waals surface area (Å²) in [6.45, 7) is 2.04. The molecule has 1 aliphatic rings. The number of aliphatic hydroxyl groups excluding tert-OH is 1. The first-order valence-corrected chi connectivity index (χ1v) is 17.6. The number of anilines is 2. The van der Waals surface area contributed by atoms with Gasteiger partial charge in [0.15, 0.2) is 6.29 Å². The van der Waals surface area contributed by atoms with E-state index in [1.165, 1.54) is 11.8 Å². The third kappa shape index (κ3) is 8.41. The van der Waals surface area contributed by atoms with Crippen LogP contribution in [0.5, 0.6) is 17.2 Å². The topological polar surface area (TPSA) is 153 Å². The van der Waals surface area contributed by atoms with Crippen molar-refractivity contribution in [2.24, 2.45) is 5.92 Å². The van der Waals surface area contributed by atoms with Crippen LogP contribution in [-0.2, 0) is 16.1 Å². The van der Waals surface area contributed by atoms with Crippen LogP contribution in [0.4, 0.5) is 16.2 Å². The lowest BCUT2D eigenvalue weighted by molar-refractivity contribution is -0.268. The molecule has 1 aromatic heterocycles. The smallest absolute Gasteiger partial charge is 0.323 e. The van der Waals surface area contributed by atoms with Gasteiger partial charge in [0.25, 0.3) is 0 Å². The Bertz CT molecular complexity index is 2060. The molecular weight excluding hydrogens is 681 g/mol. The van der Waals surface area contributed by atoms with Gasteiger partial charge in [-0.25, -0.2) is 4.79 Å². The standard InChI is InChI=1S/C39H36N6O6S/c1-25-35(24-52-39-42-43-44-45(39)31-17-19-32(47)20-18-31)50-37(51-36(25)27-9-7-26(23-46)8-10-27)28-11-13-29(14-12-28)40-38(48)41-30-15-21-34(22-16-30)49-33-5-3-2-4-6-33/h2-22,25,35-37,46-47H,23-24H2,1H3,(H2,40,41,48). The second-order valence-electron chi connectivity index (χ2n) is 12.2. The Morgan fingerprint density at radius 3 is 2.12 bits per heavy atom. The van der Waals surface area contributed by atoms with Crippen LogP contribution in [-0.4, -0.2) is 48.3 Å². The number of nitrogens with zero attached hydrogens (tertiary/aromatic N) is 4. The summed E-state index contributed by atoms with van der Waals surface area (Å²) in [4.78, 5) is 12.8. The zero-order valence-electron chi connectivity index (χ0n) is 28.1. The summed E-state index contributed by atoms with van der Waals surface area (Å²) < 4.78 is 20.6. The normalized spacial score (nSPS) is 18.4. The maximum absolute atomic E-state index is 12.8. The Balaban J connectivity index is 1.02. The van der Waals surface area contributed by atoms with Gasteiger partial charge in [-0.05, 0) is 94.4 Å². The van der Waals surface area contributed by atoms with E-state index in [9.17, 15) is 15.0 Å². The molecule has 4 N–H and O–H groups in total. The molecule has 4 atom stereocenters. The molecule has 13 heteroatoms. The molecule has 2 amide bonds. The summed E-state index contributed by atoms with van der Waals surface area (Å²) in [5.74, 6) is 2.03. The first kappa shape index (κ1) is 34.7. The quantitative estimate of drug-likeness (QED) is 0.0975. The number of hydrogen-bond acceptors (Lipinski definition) is 10. The SMILES string of the molecule is CC1C(CSc2nnnn2-c2ccc(O)cc2)OC(c2ccc(NC(=O)Nc3ccc(Oc4ccccc4)cc3)cc2)OC1c1ccc(CO)cc1. The third-order valence-corrected chi connectivity index (χ3v) is 9.58. The van der Waals surface area contributed by atoms with Crippen LogP contribution in [0.3, 0.4) is 0 Å². The van der Waals surface area contributed by atoms with Crippen molar-refractivity contribution in [2.75, 3.05) is 16.4 Å². The zero-order chi connectivity index (χ0) is 35.9. The lowest BCUT2D eigenvalue weighted by atomic mass is 9.91. The first-order chi connectivity index (χ1) is 25.4. The number of phenolic OH excluding ortho intramolecular Hbond substituents is 1. The molecule has 0 aliphatic carbocycles. The van der Waals surface area contributed by atoms with E-state index >= 15 is 0 Å². The monoisotopic (exact) mass is 716 g/mol. The van der Waals surface area contributed by atoms with Gasteiger partial charge in [-0.3, -0.25) is 0 Å². The van der Waals surface area contributed by atoms with Crippen LogP contribution >= 0.6 is 11.8 Å². The second kappa shape index (κ2) is 16.1. The number of carbonyl (C=O) groups is 1.